The highest BCUT2D eigenvalue weighted by molar-refractivity contribution is 5.77. The van der Waals surface area contributed by atoms with Crippen LogP contribution < -0.4 is 10.6 Å². The summed E-state index contributed by atoms with van der Waals surface area (Å²) >= 11 is 0. The number of amides is 1. The fourth-order valence-corrected chi connectivity index (χ4v) is 3.11. The Labute approximate surface area is 153 Å². The van der Waals surface area contributed by atoms with Gasteiger partial charge in [0.15, 0.2) is 0 Å². The number of carbonyl (C=O) groups excluding carboxylic acids is 1. The van der Waals surface area contributed by atoms with Crippen LogP contribution in [0.25, 0.3) is 0 Å². The summed E-state index contributed by atoms with van der Waals surface area (Å²) in [6.45, 7) is 3.45. The molecule has 2 aromatic rings. The van der Waals surface area contributed by atoms with Crippen LogP contribution in [0.1, 0.15) is 54.7 Å². The minimum absolute atomic E-state index is 0.107. The second-order valence-corrected chi connectivity index (χ2v) is 6.54. The molecule has 27 heavy (non-hydrogen) atoms. The number of hydrogen-bond donors (Lipinski definition) is 2. The SMILES string of the molecule is CC1NC(=O)CC(c2cc([C@@H](C)c3ccc(C(F)(F)F)cc3F)ncn2)N1. The molecule has 1 saturated heterocycles. The molecule has 1 fully saturated rings. The first-order valence-corrected chi connectivity index (χ1v) is 8.39. The predicted octanol–water partition coefficient (Wildman–Crippen LogP) is 3.28. The van der Waals surface area contributed by atoms with Gasteiger partial charge in [0.2, 0.25) is 5.91 Å². The van der Waals surface area contributed by atoms with Gasteiger partial charge < -0.3 is 5.32 Å². The normalized spacial score (nSPS) is 21.6. The Kier molecular flexibility index (Phi) is 5.14. The zero-order chi connectivity index (χ0) is 19.8. The quantitative estimate of drug-likeness (QED) is 0.800. The van der Waals surface area contributed by atoms with Gasteiger partial charge in [0.05, 0.1) is 29.2 Å². The molecule has 2 heterocycles. The molecule has 0 radical (unpaired) electrons. The summed E-state index contributed by atoms with van der Waals surface area (Å²) in [6.07, 6.45) is -3.32. The summed E-state index contributed by atoms with van der Waals surface area (Å²) in [6, 6.07) is 3.79. The van der Waals surface area contributed by atoms with E-state index in [1.54, 1.807) is 19.9 Å². The molecule has 3 atom stereocenters. The van der Waals surface area contributed by atoms with Gasteiger partial charge in [-0.15, -0.1) is 0 Å². The molecule has 9 heteroatoms. The molecule has 1 aromatic carbocycles. The first-order valence-electron chi connectivity index (χ1n) is 8.39. The number of halogens is 4. The van der Waals surface area contributed by atoms with E-state index in [-0.39, 0.29) is 30.1 Å². The molecule has 1 amide bonds. The van der Waals surface area contributed by atoms with E-state index < -0.39 is 23.5 Å². The van der Waals surface area contributed by atoms with Crippen LogP contribution in [-0.4, -0.2) is 22.0 Å². The zero-order valence-electron chi connectivity index (χ0n) is 14.6. The van der Waals surface area contributed by atoms with Gasteiger partial charge in [-0.1, -0.05) is 13.0 Å². The van der Waals surface area contributed by atoms with Gasteiger partial charge in [0, 0.05) is 12.3 Å². The fourth-order valence-electron chi connectivity index (χ4n) is 3.11. The summed E-state index contributed by atoms with van der Waals surface area (Å²) < 4.78 is 52.4. The van der Waals surface area contributed by atoms with Gasteiger partial charge in [-0.2, -0.15) is 13.2 Å². The molecule has 0 aliphatic carbocycles. The first kappa shape index (κ1) is 19.2. The maximum atomic E-state index is 14.3. The van der Waals surface area contributed by atoms with Gasteiger partial charge >= 0.3 is 6.18 Å². The summed E-state index contributed by atoms with van der Waals surface area (Å²) in [5, 5.41) is 5.92. The third-order valence-corrected chi connectivity index (χ3v) is 4.52. The summed E-state index contributed by atoms with van der Waals surface area (Å²) in [5.74, 6) is -1.64. The number of alkyl halides is 3. The number of carbonyl (C=O) groups is 1. The van der Waals surface area contributed by atoms with Crippen molar-refractivity contribution in [1.29, 1.82) is 0 Å². The minimum atomic E-state index is -4.60. The lowest BCUT2D eigenvalue weighted by atomic mass is 9.94. The molecular weight excluding hydrogens is 364 g/mol. The third-order valence-electron chi connectivity index (χ3n) is 4.52. The number of nitrogens with zero attached hydrogens (tertiary/aromatic N) is 2. The summed E-state index contributed by atoms with van der Waals surface area (Å²) in [4.78, 5) is 20.0. The molecule has 0 bridgehead atoms. The summed E-state index contributed by atoms with van der Waals surface area (Å²) in [5.41, 5.74) is 0.0982. The van der Waals surface area contributed by atoms with Gasteiger partial charge in [0.1, 0.15) is 12.1 Å². The Bertz CT molecular complexity index is 855. The molecule has 2 N–H and O–H groups in total. The van der Waals surface area contributed by atoms with Crippen LogP contribution >= 0.6 is 0 Å². The van der Waals surface area contributed by atoms with Crippen molar-refractivity contribution >= 4 is 5.91 Å². The van der Waals surface area contributed by atoms with E-state index in [2.05, 4.69) is 20.6 Å². The van der Waals surface area contributed by atoms with E-state index in [0.717, 1.165) is 12.1 Å². The molecule has 5 nitrogen and oxygen atoms in total. The van der Waals surface area contributed by atoms with Gasteiger partial charge in [-0.3, -0.25) is 10.1 Å². The van der Waals surface area contributed by atoms with Crippen molar-refractivity contribution in [2.45, 2.75) is 44.6 Å². The monoisotopic (exact) mass is 382 g/mol. The second kappa shape index (κ2) is 7.22. The highest BCUT2D eigenvalue weighted by Crippen LogP contribution is 2.33. The lowest BCUT2D eigenvalue weighted by molar-refractivity contribution is -0.137. The zero-order valence-corrected chi connectivity index (χ0v) is 14.6. The molecule has 0 saturated carbocycles. The predicted molar refractivity (Wildman–Crippen MR) is 89.0 cm³/mol. The number of aromatic nitrogens is 2. The second-order valence-electron chi connectivity index (χ2n) is 6.54. The third kappa shape index (κ3) is 4.24. The molecule has 1 aliphatic heterocycles. The van der Waals surface area contributed by atoms with Crippen LogP contribution in [0.4, 0.5) is 17.6 Å². The van der Waals surface area contributed by atoms with Gasteiger partial charge in [-0.05, 0) is 30.7 Å². The molecule has 1 aromatic heterocycles. The topological polar surface area (TPSA) is 66.9 Å². The van der Waals surface area contributed by atoms with Gasteiger partial charge in [-0.25, -0.2) is 14.4 Å². The number of hydrogen-bond acceptors (Lipinski definition) is 4. The number of rotatable bonds is 3. The molecule has 3 rings (SSSR count). The van der Waals surface area contributed by atoms with E-state index in [0.29, 0.717) is 17.5 Å². The van der Waals surface area contributed by atoms with Crippen molar-refractivity contribution in [3.63, 3.8) is 0 Å². The lowest BCUT2D eigenvalue weighted by Crippen LogP contribution is -2.51. The molecular formula is C18H18F4N4O. The average molecular weight is 382 g/mol. The highest BCUT2D eigenvalue weighted by Gasteiger charge is 2.32. The van der Waals surface area contributed by atoms with Crippen LogP contribution in [0.3, 0.4) is 0 Å². The largest absolute Gasteiger partial charge is 0.416 e. The van der Waals surface area contributed by atoms with Crippen LogP contribution in [0.2, 0.25) is 0 Å². The van der Waals surface area contributed by atoms with Crippen LogP contribution in [0.5, 0.6) is 0 Å². The van der Waals surface area contributed by atoms with Crippen molar-refractivity contribution in [1.82, 2.24) is 20.6 Å². The molecule has 2 unspecified atom stereocenters. The Balaban J connectivity index is 1.88. The van der Waals surface area contributed by atoms with Gasteiger partial charge in [0.25, 0.3) is 0 Å². The Hall–Kier alpha value is -2.55. The van der Waals surface area contributed by atoms with Crippen molar-refractivity contribution in [2.75, 3.05) is 0 Å². The smallest absolute Gasteiger partial charge is 0.341 e. The van der Waals surface area contributed by atoms with E-state index >= 15 is 0 Å². The van der Waals surface area contributed by atoms with Crippen LogP contribution in [0.15, 0.2) is 30.6 Å². The summed E-state index contributed by atoms with van der Waals surface area (Å²) in [7, 11) is 0. The van der Waals surface area contributed by atoms with Crippen molar-refractivity contribution in [3.05, 3.63) is 58.9 Å². The maximum absolute atomic E-state index is 14.3. The highest BCUT2D eigenvalue weighted by atomic mass is 19.4. The molecule has 0 spiro atoms. The first-order chi connectivity index (χ1) is 12.6. The van der Waals surface area contributed by atoms with E-state index in [4.69, 9.17) is 0 Å². The Morgan fingerprint density at radius 3 is 2.59 bits per heavy atom. The standard InChI is InChI=1S/C18H18F4N4O/c1-9(12-4-3-11(5-13(12)19)18(20,21)22)14-6-15(24-8-23-14)16-7-17(27)26-10(2)25-16/h3-6,8-10,16,25H,7H2,1-2H3,(H,26,27)/t9-,10?,16?/m0/s1. The van der Waals surface area contributed by atoms with Crippen LogP contribution in [-0.2, 0) is 11.0 Å². The Morgan fingerprint density at radius 1 is 1.22 bits per heavy atom. The molecule has 1 aliphatic rings. The molecule has 144 valence electrons. The number of nitrogens with one attached hydrogen (secondary N) is 2. The fraction of sp³-hybridized carbons (Fsp3) is 0.389. The average Bonchev–Trinajstić information content (AvgIpc) is 2.59. The van der Waals surface area contributed by atoms with Crippen molar-refractivity contribution in [2.24, 2.45) is 0 Å². The lowest BCUT2D eigenvalue weighted by Gasteiger charge is -2.29. The maximum Gasteiger partial charge on any atom is 0.416 e. The Morgan fingerprint density at radius 2 is 1.96 bits per heavy atom. The number of benzene rings is 1. The van der Waals surface area contributed by atoms with Crippen molar-refractivity contribution in [3.8, 4) is 0 Å². The van der Waals surface area contributed by atoms with Crippen LogP contribution in [0, 0.1) is 5.82 Å². The van der Waals surface area contributed by atoms with Crippen molar-refractivity contribution < 1.29 is 22.4 Å². The van der Waals surface area contributed by atoms with E-state index in [1.165, 1.54) is 6.33 Å². The van der Waals surface area contributed by atoms with E-state index in [1.807, 2.05) is 0 Å². The van der Waals surface area contributed by atoms with E-state index in [9.17, 15) is 22.4 Å². The minimum Gasteiger partial charge on any atom is -0.341 e.